The lowest BCUT2D eigenvalue weighted by Crippen LogP contribution is -2.01. The number of hydrogen-bond acceptors (Lipinski definition) is 3. The van der Waals surface area contributed by atoms with Gasteiger partial charge in [-0.2, -0.15) is 0 Å². The van der Waals surface area contributed by atoms with E-state index in [9.17, 15) is 4.79 Å². The fourth-order valence-electron chi connectivity index (χ4n) is 1.19. The summed E-state index contributed by atoms with van der Waals surface area (Å²) in [7, 11) is 0. The molecule has 0 unspecified atom stereocenters. The molecule has 0 saturated heterocycles. The molecule has 0 saturated carbocycles. The van der Waals surface area contributed by atoms with Gasteiger partial charge in [0.2, 0.25) is 5.78 Å². The number of carbonyl (C=O) groups is 1. The Hall–Kier alpha value is -2.10. The van der Waals surface area contributed by atoms with Gasteiger partial charge in [-0.05, 0) is 18.2 Å². The third-order valence-electron chi connectivity index (χ3n) is 1.87. The molecule has 0 aromatic carbocycles. The number of aromatic amines is 1. The van der Waals surface area contributed by atoms with Gasteiger partial charge < -0.3 is 10.7 Å². The number of nitrogens with two attached hydrogens (primary N) is 1. The maximum atomic E-state index is 11.7. The third kappa shape index (κ3) is 1.50. The Labute approximate surface area is 80.8 Å². The summed E-state index contributed by atoms with van der Waals surface area (Å²) in [6.07, 6.45) is 3.16. The van der Waals surface area contributed by atoms with Gasteiger partial charge in [-0.25, -0.2) is 0 Å². The number of hydrogen-bond donors (Lipinski definition) is 2. The molecule has 0 bridgehead atoms. The van der Waals surface area contributed by atoms with Gasteiger partial charge in [-0.15, -0.1) is 0 Å². The van der Waals surface area contributed by atoms with E-state index in [1.165, 1.54) is 0 Å². The van der Waals surface area contributed by atoms with E-state index < -0.39 is 0 Å². The summed E-state index contributed by atoms with van der Waals surface area (Å²) < 4.78 is 0. The van der Waals surface area contributed by atoms with Crippen LogP contribution >= 0.6 is 0 Å². The highest BCUT2D eigenvalue weighted by Crippen LogP contribution is 2.09. The van der Waals surface area contributed by atoms with Gasteiger partial charge in [0.15, 0.2) is 0 Å². The lowest BCUT2D eigenvalue weighted by atomic mass is 10.1. The van der Waals surface area contributed by atoms with Gasteiger partial charge in [-0.3, -0.25) is 9.78 Å². The van der Waals surface area contributed by atoms with E-state index in [2.05, 4.69) is 9.97 Å². The average Bonchev–Trinajstić information content (AvgIpc) is 2.65. The zero-order chi connectivity index (χ0) is 9.97. The second-order valence-electron chi connectivity index (χ2n) is 2.89. The smallest absolute Gasteiger partial charge is 0.212 e. The molecule has 4 nitrogen and oxygen atoms in total. The number of nitrogens with one attached hydrogen (secondary N) is 1. The third-order valence-corrected chi connectivity index (χ3v) is 1.87. The van der Waals surface area contributed by atoms with Gasteiger partial charge in [0.05, 0.1) is 0 Å². The summed E-state index contributed by atoms with van der Waals surface area (Å²) >= 11 is 0. The fraction of sp³-hybridized carbons (Fsp3) is 0. The topological polar surface area (TPSA) is 71.8 Å². The Kier molecular flexibility index (Phi) is 2.02. The van der Waals surface area contributed by atoms with E-state index in [1.807, 2.05) is 0 Å². The molecule has 0 atom stereocenters. The van der Waals surface area contributed by atoms with Crippen molar-refractivity contribution in [2.75, 3.05) is 5.73 Å². The lowest BCUT2D eigenvalue weighted by molar-refractivity contribution is 0.103. The number of anilines is 1. The normalized spacial score (nSPS) is 10.0. The summed E-state index contributed by atoms with van der Waals surface area (Å²) in [6, 6.07) is 6.81. The number of H-pyrrole nitrogens is 1. The number of aromatic nitrogens is 2. The van der Waals surface area contributed by atoms with Crippen LogP contribution in [0.4, 0.5) is 5.82 Å². The predicted octanol–water partition coefficient (Wildman–Crippen LogP) is 1.22. The number of nitrogens with zero attached hydrogens (tertiary/aromatic N) is 1. The number of pyridine rings is 1. The van der Waals surface area contributed by atoms with Crippen molar-refractivity contribution in [1.82, 2.24) is 9.97 Å². The van der Waals surface area contributed by atoms with Gasteiger partial charge in [-0.1, -0.05) is 6.07 Å². The van der Waals surface area contributed by atoms with Crippen molar-refractivity contribution in [3.8, 4) is 0 Å². The summed E-state index contributed by atoms with van der Waals surface area (Å²) in [4.78, 5) is 18.4. The summed E-state index contributed by atoms with van der Waals surface area (Å²) in [5.74, 6) is 0.350. The average molecular weight is 187 g/mol. The van der Waals surface area contributed by atoms with Crippen LogP contribution < -0.4 is 5.73 Å². The second kappa shape index (κ2) is 3.33. The molecular weight excluding hydrogens is 178 g/mol. The highest BCUT2D eigenvalue weighted by Gasteiger charge is 2.10. The Morgan fingerprint density at radius 1 is 1.43 bits per heavy atom. The molecule has 0 amide bonds. The monoisotopic (exact) mass is 187 g/mol. The van der Waals surface area contributed by atoms with Crippen LogP contribution in [0.1, 0.15) is 16.1 Å². The molecular formula is C10H9N3O. The highest BCUT2D eigenvalue weighted by molar-refractivity contribution is 6.07. The van der Waals surface area contributed by atoms with Crippen LogP contribution in [0, 0.1) is 0 Å². The zero-order valence-electron chi connectivity index (χ0n) is 7.40. The van der Waals surface area contributed by atoms with Crippen molar-refractivity contribution >= 4 is 11.6 Å². The van der Waals surface area contributed by atoms with E-state index in [4.69, 9.17) is 5.73 Å². The van der Waals surface area contributed by atoms with E-state index in [0.717, 1.165) is 0 Å². The van der Waals surface area contributed by atoms with Crippen LogP contribution in [0.15, 0.2) is 36.7 Å². The Balaban J connectivity index is 2.34. The molecule has 70 valence electrons. The largest absolute Gasteiger partial charge is 0.385 e. The van der Waals surface area contributed by atoms with Crippen LogP contribution in [0.3, 0.4) is 0 Å². The van der Waals surface area contributed by atoms with Crippen molar-refractivity contribution in [3.63, 3.8) is 0 Å². The van der Waals surface area contributed by atoms with Crippen molar-refractivity contribution in [2.24, 2.45) is 0 Å². The van der Waals surface area contributed by atoms with Gasteiger partial charge in [0.25, 0.3) is 0 Å². The lowest BCUT2D eigenvalue weighted by Gasteiger charge is -1.94. The summed E-state index contributed by atoms with van der Waals surface area (Å²) in [5.41, 5.74) is 6.42. The summed E-state index contributed by atoms with van der Waals surface area (Å²) in [5, 5.41) is 0. The Morgan fingerprint density at radius 2 is 2.29 bits per heavy atom. The zero-order valence-corrected chi connectivity index (χ0v) is 7.40. The van der Waals surface area contributed by atoms with Crippen LogP contribution in [0.5, 0.6) is 0 Å². The van der Waals surface area contributed by atoms with Crippen LogP contribution in [0.25, 0.3) is 0 Å². The molecule has 2 rings (SSSR count). The predicted molar refractivity (Wildman–Crippen MR) is 52.9 cm³/mol. The van der Waals surface area contributed by atoms with E-state index in [-0.39, 0.29) is 5.78 Å². The number of rotatable bonds is 2. The molecule has 14 heavy (non-hydrogen) atoms. The molecule has 2 aromatic rings. The number of nitrogen functional groups attached to an aromatic ring is 1. The van der Waals surface area contributed by atoms with Crippen molar-refractivity contribution in [2.45, 2.75) is 0 Å². The van der Waals surface area contributed by atoms with Crippen molar-refractivity contribution in [1.29, 1.82) is 0 Å². The van der Waals surface area contributed by atoms with E-state index >= 15 is 0 Å². The highest BCUT2D eigenvalue weighted by atomic mass is 16.1. The number of ketones is 1. The molecule has 0 radical (unpaired) electrons. The molecule has 0 spiro atoms. The minimum atomic E-state index is -0.126. The summed E-state index contributed by atoms with van der Waals surface area (Å²) in [6.45, 7) is 0. The maximum Gasteiger partial charge on any atom is 0.212 e. The molecule has 2 aromatic heterocycles. The van der Waals surface area contributed by atoms with Crippen LogP contribution in [-0.4, -0.2) is 15.8 Å². The van der Waals surface area contributed by atoms with E-state index in [1.54, 1.807) is 36.7 Å². The van der Waals surface area contributed by atoms with Crippen molar-refractivity contribution in [3.05, 3.63) is 47.9 Å². The fourth-order valence-corrected chi connectivity index (χ4v) is 1.19. The SMILES string of the molecule is Nc1cc(C(=O)c2ccccn2)c[nH]1. The van der Waals surface area contributed by atoms with E-state index in [0.29, 0.717) is 17.1 Å². The Bertz CT molecular complexity index is 447. The van der Waals surface area contributed by atoms with Crippen molar-refractivity contribution < 1.29 is 4.79 Å². The molecule has 4 heteroatoms. The molecule has 0 aliphatic heterocycles. The first-order valence-corrected chi connectivity index (χ1v) is 4.17. The minimum Gasteiger partial charge on any atom is -0.385 e. The standard InChI is InChI=1S/C10H9N3O/c11-9-5-7(6-13-9)10(14)8-3-1-2-4-12-8/h1-6,13H,11H2. The molecule has 2 heterocycles. The molecule has 3 N–H and O–H groups in total. The first-order valence-electron chi connectivity index (χ1n) is 4.17. The number of carbonyl (C=O) groups excluding carboxylic acids is 1. The maximum absolute atomic E-state index is 11.7. The quantitative estimate of drug-likeness (QED) is 0.694. The van der Waals surface area contributed by atoms with Gasteiger partial charge >= 0.3 is 0 Å². The van der Waals surface area contributed by atoms with Gasteiger partial charge in [0.1, 0.15) is 11.5 Å². The molecule has 0 fully saturated rings. The first kappa shape index (κ1) is 8.50. The van der Waals surface area contributed by atoms with Crippen LogP contribution in [0.2, 0.25) is 0 Å². The first-order chi connectivity index (χ1) is 6.77. The van der Waals surface area contributed by atoms with Gasteiger partial charge in [0, 0.05) is 18.0 Å². The Morgan fingerprint density at radius 3 is 2.86 bits per heavy atom. The molecule has 0 aliphatic carbocycles. The minimum absolute atomic E-state index is 0.126. The van der Waals surface area contributed by atoms with Crippen LogP contribution in [-0.2, 0) is 0 Å². The molecule has 0 aliphatic rings. The second-order valence-corrected chi connectivity index (χ2v) is 2.89.